The van der Waals surface area contributed by atoms with Gasteiger partial charge in [0.15, 0.2) is 0 Å². The summed E-state index contributed by atoms with van der Waals surface area (Å²) in [7, 11) is -3.24. The maximum Gasteiger partial charge on any atom is 0.229 e. The SMILES string of the molecule is CS(=O)(=O)Nc1cccc2c1CCC2c1cnc[nH]1. The average molecular weight is 277 g/mol. The fourth-order valence-corrected chi connectivity index (χ4v) is 3.32. The number of fused-ring (bicyclic) bond motifs is 1. The van der Waals surface area contributed by atoms with Crippen molar-refractivity contribution in [2.75, 3.05) is 11.0 Å². The molecule has 0 bridgehead atoms. The number of hydrogen-bond acceptors (Lipinski definition) is 3. The Hall–Kier alpha value is -1.82. The highest BCUT2D eigenvalue weighted by Gasteiger charge is 2.27. The number of anilines is 1. The van der Waals surface area contributed by atoms with Gasteiger partial charge in [-0.2, -0.15) is 0 Å². The molecule has 0 saturated carbocycles. The summed E-state index contributed by atoms with van der Waals surface area (Å²) < 4.78 is 25.4. The monoisotopic (exact) mass is 277 g/mol. The van der Waals surface area contributed by atoms with Crippen LogP contribution in [0.25, 0.3) is 0 Å². The van der Waals surface area contributed by atoms with Gasteiger partial charge in [-0.3, -0.25) is 4.72 Å². The molecule has 1 aliphatic rings. The van der Waals surface area contributed by atoms with Gasteiger partial charge in [0.1, 0.15) is 0 Å². The Bertz CT molecular complexity index is 693. The highest BCUT2D eigenvalue weighted by Crippen LogP contribution is 2.40. The number of aromatic nitrogens is 2. The zero-order chi connectivity index (χ0) is 13.5. The van der Waals surface area contributed by atoms with Crippen molar-refractivity contribution in [2.24, 2.45) is 0 Å². The molecule has 1 aromatic carbocycles. The minimum atomic E-state index is -3.24. The quantitative estimate of drug-likeness (QED) is 0.899. The third-order valence-electron chi connectivity index (χ3n) is 3.46. The maximum absolute atomic E-state index is 11.4. The zero-order valence-corrected chi connectivity index (χ0v) is 11.4. The van der Waals surface area contributed by atoms with Crippen LogP contribution in [0.4, 0.5) is 5.69 Å². The predicted molar refractivity (Wildman–Crippen MR) is 73.7 cm³/mol. The average Bonchev–Trinajstić information content (AvgIpc) is 2.94. The van der Waals surface area contributed by atoms with Crippen LogP contribution < -0.4 is 4.72 Å². The molecule has 2 aromatic rings. The largest absolute Gasteiger partial charge is 0.348 e. The summed E-state index contributed by atoms with van der Waals surface area (Å²) in [5.74, 6) is 0.277. The van der Waals surface area contributed by atoms with E-state index in [1.165, 1.54) is 11.8 Å². The maximum atomic E-state index is 11.4. The van der Waals surface area contributed by atoms with Gasteiger partial charge in [0.05, 0.1) is 18.3 Å². The van der Waals surface area contributed by atoms with Crippen molar-refractivity contribution >= 4 is 15.7 Å². The summed E-state index contributed by atoms with van der Waals surface area (Å²) in [4.78, 5) is 7.19. The Morgan fingerprint density at radius 3 is 2.95 bits per heavy atom. The van der Waals surface area contributed by atoms with Crippen LogP contribution in [0.3, 0.4) is 0 Å². The van der Waals surface area contributed by atoms with Crippen molar-refractivity contribution in [3.8, 4) is 0 Å². The number of nitrogens with zero attached hydrogens (tertiary/aromatic N) is 1. The number of nitrogens with one attached hydrogen (secondary N) is 2. The van der Waals surface area contributed by atoms with E-state index in [1.54, 1.807) is 6.33 Å². The van der Waals surface area contributed by atoms with Gasteiger partial charge < -0.3 is 4.98 Å². The van der Waals surface area contributed by atoms with Crippen LogP contribution in [0.5, 0.6) is 0 Å². The molecule has 100 valence electrons. The fourth-order valence-electron chi connectivity index (χ4n) is 2.73. The Balaban J connectivity index is 2.02. The molecule has 1 atom stereocenters. The first-order valence-corrected chi connectivity index (χ1v) is 8.01. The van der Waals surface area contributed by atoms with E-state index in [0.29, 0.717) is 5.69 Å². The van der Waals surface area contributed by atoms with E-state index >= 15 is 0 Å². The lowest BCUT2D eigenvalue weighted by molar-refractivity contribution is 0.606. The molecule has 0 saturated heterocycles. The van der Waals surface area contributed by atoms with E-state index in [-0.39, 0.29) is 5.92 Å². The lowest BCUT2D eigenvalue weighted by Gasteiger charge is -2.12. The third-order valence-corrected chi connectivity index (χ3v) is 4.05. The van der Waals surface area contributed by atoms with Gasteiger partial charge in [0.2, 0.25) is 10.0 Å². The molecule has 6 heteroatoms. The summed E-state index contributed by atoms with van der Waals surface area (Å²) in [6.07, 6.45) is 6.52. The molecule has 1 unspecified atom stereocenters. The highest BCUT2D eigenvalue weighted by atomic mass is 32.2. The second-order valence-corrected chi connectivity index (χ2v) is 6.59. The molecule has 1 aliphatic carbocycles. The molecule has 0 radical (unpaired) electrons. The highest BCUT2D eigenvalue weighted by molar-refractivity contribution is 7.92. The van der Waals surface area contributed by atoms with E-state index in [9.17, 15) is 8.42 Å². The van der Waals surface area contributed by atoms with Crippen molar-refractivity contribution < 1.29 is 8.42 Å². The zero-order valence-electron chi connectivity index (χ0n) is 10.6. The van der Waals surface area contributed by atoms with Crippen molar-refractivity contribution in [1.29, 1.82) is 0 Å². The van der Waals surface area contributed by atoms with E-state index in [0.717, 1.165) is 24.1 Å². The molecule has 1 heterocycles. The third kappa shape index (κ3) is 2.35. The first-order valence-electron chi connectivity index (χ1n) is 6.12. The number of sulfonamides is 1. The molecule has 1 aromatic heterocycles. The Kier molecular flexibility index (Phi) is 2.82. The van der Waals surface area contributed by atoms with Crippen LogP contribution in [-0.2, 0) is 16.4 Å². The molecule has 0 fully saturated rings. The Morgan fingerprint density at radius 1 is 1.42 bits per heavy atom. The van der Waals surface area contributed by atoms with Crippen molar-refractivity contribution in [3.05, 3.63) is 47.5 Å². The van der Waals surface area contributed by atoms with Crippen molar-refractivity contribution in [2.45, 2.75) is 18.8 Å². The first kappa shape index (κ1) is 12.2. The van der Waals surface area contributed by atoms with E-state index in [2.05, 4.69) is 20.8 Å². The second kappa shape index (κ2) is 4.38. The normalized spacial score (nSPS) is 18.3. The molecule has 0 aliphatic heterocycles. The number of aromatic amines is 1. The van der Waals surface area contributed by atoms with Crippen LogP contribution >= 0.6 is 0 Å². The van der Waals surface area contributed by atoms with Gasteiger partial charge >= 0.3 is 0 Å². The van der Waals surface area contributed by atoms with Crippen LogP contribution in [0.15, 0.2) is 30.7 Å². The van der Waals surface area contributed by atoms with Gasteiger partial charge in [-0.05, 0) is 30.0 Å². The molecular formula is C13H15N3O2S. The van der Waals surface area contributed by atoms with Crippen LogP contribution in [0, 0.1) is 0 Å². The summed E-state index contributed by atoms with van der Waals surface area (Å²) in [5.41, 5.74) is 4.04. The lowest BCUT2D eigenvalue weighted by Crippen LogP contribution is -2.11. The van der Waals surface area contributed by atoms with Crippen molar-refractivity contribution in [1.82, 2.24) is 9.97 Å². The minimum Gasteiger partial charge on any atom is -0.348 e. The standard InChI is InChI=1S/C13H15N3O2S/c1-19(17,18)16-12-4-2-3-9-10(12)5-6-11(9)13-7-14-8-15-13/h2-4,7-8,11,16H,5-6H2,1H3,(H,14,15). The molecule has 2 N–H and O–H groups in total. The van der Waals surface area contributed by atoms with Crippen LogP contribution in [-0.4, -0.2) is 24.6 Å². The number of rotatable bonds is 3. The molecular weight excluding hydrogens is 262 g/mol. The Labute approximate surface area is 112 Å². The van der Waals surface area contributed by atoms with Gasteiger partial charge in [-0.25, -0.2) is 13.4 Å². The van der Waals surface area contributed by atoms with Crippen molar-refractivity contribution in [3.63, 3.8) is 0 Å². The van der Waals surface area contributed by atoms with Gasteiger partial charge in [-0.15, -0.1) is 0 Å². The second-order valence-electron chi connectivity index (χ2n) is 4.85. The lowest BCUT2D eigenvalue weighted by atomic mass is 9.98. The van der Waals surface area contributed by atoms with E-state index in [1.807, 2.05) is 18.3 Å². The summed E-state index contributed by atoms with van der Waals surface area (Å²) in [5, 5.41) is 0. The summed E-state index contributed by atoms with van der Waals surface area (Å²) in [6.45, 7) is 0. The smallest absolute Gasteiger partial charge is 0.229 e. The van der Waals surface area contributed by atoms with Gasteiger partial charge in [0.25, 0.3) is 0 Å². The number of imidazole rings is 1. The topological polar surface area (TPSA) is 74.8 Å². The predicted octanol–water partition coefficient (Wildman–Crippen LogP) is 1.86. The van der Waals surface area contributed by atoms with Crippen LogP contribution in [0.1, 0.15) is 29.2 Å². The fraction of sp³-hybridized carbons (Fsp3) is 0.308. The molecule has 3 rings (SSSR count). The van der Waals surface area contributed by atoms with E-state index < -0.39 is 10.0 Å². The number of hydrogen-bond donors (Lipinski definition) is 2. The molecule has 5 nitrogen and oxygen atoms in total. The summed E-state index contributed by atoms with van der Waals surface area (Å²) in [6, 6.07) is 5.76. The molecule has 0 amide bonds. The van der Waals surface area contributed by atoms with Gasteiger partial charge in [0, 0.05) is 17.8 Å². The van der Waals surface area contributed by atoms with Crippen LogP contribution in [0.2, 0.25) is 0 Å². The molecule has 0 spiro atoms. The Morgan fingerprint density at radius 2 is 2.26 bits per heavy atom. The minimum absolute atomic E-state index is 0.277. The van der Waals surface area contributed by atoms with E-state index in [4.69, 9.17) is 0 Å². The summed E-state index contributed by atoms with van der Waals surface area (Å²) >= 11 is 0. The van der Waals surface area contributed by atoms with Gasteiger partial charge in [-0.1, -0.05) is 12.1 Å². The first-order chi connectivity index (χ1) is 9.04. The molecule has 19 heavy (non-hydrogen) atoms. The number of benzene rings is 1. The number of H-pyrrole nitrogens is 1.